The fourth-order valence-electron chi connectivity index (χ4n) is 1.84. The molecule has 0 N–H and O–H groups in total. The summed E-state index contributed by atoms with van der Waals surface area (Å²) in [5.74, 6) is 0.751. The van der Waals surface area contributed by atoms with Crippen LogP contribution >= 0.6 is 0 Å². The molecule has 1 aliphatic heterocycles. The first-order chi connectivity index (χ1) is 6.40. The Bertz CT molecular complexity index is 272. The lowest BCUT2D eigenvalue weighted by Crippen LogP contribution is -2.44. The first-order valence-electron chi connectivity index (χ1n) is 4.78. The smallest absolute Gasteiger partial charge is 0.0161 e. The largest absolute Gasteiger partial charge is 0.298 e. The van der Waals surface area contributed by atoms with Crippen molar-refractivity contribution in [3.05, 3.63) is 48.6 Å². The molecule has 0 aromatic heterocycles. The highest BCUT2D eigenvalue weighted by Crippen LogP contribution is 2.25. The van der Waals surface area contributed by atoms with Crippen LogP contribution in [0.4, 0.5) is 0 Å². The van der Waals surface area contributed by atoms with Gasteiger partial charge < -0.3 is 0 Å². The predicted octanol–water partition coefficient (Wildman–Crippen LogP) is 2.27. The predicted molar refractivity (Wildman–Crippen MR) is 55.8 cm³/mol. The molecule has 1 nitrogen and oxygen atoms in total. The topological polar surface area (TPSA) is 3.24 Å². The second-order valence-corrected chi connectivity index (χ2v) is 3.61. The third-order valence-corrected chi connectivity index (χ3v) is 2.62. The molecule has 1 fully saturated rings. The van der Waals surface area contributed by atoms with Crippen LogP contribution in [0.15, 0.2) is 43.0 Å². The molecule has 0 saturated carbocycles. The lowest BCUT2D eigenvalue weighted by atomic mass is 9.92. The summed E-state index contributed by atoms with van der Waals surface area (Å²) in [6, 6.07) is 10.7. The molecule has 0 bridgehead atoms. The highest BCUT2D eigenvalue weighted by molar-refractivity contribution is 5.22. The molecule has 1 heterocycles. The van der Waals surface area contributed by atoms with Crippen LogP contribution in [-0.2, 0) is 0 Å². The third-order valence-electron chi connectivity index (χ3n) is 2.62. The van der Waals surface area contributed by atoms with Crippen LogP contribution < -0.4 is 0 Å². The van der Waals surface area contributed by atoms with Crippen molar-refractivity contribution in [3.8, 4) is 0 Å². The van der Waals surface area contributed by atoms with Gasteiger partial charge in [0.25, 0.3) is 0 Å². The Kier molecular flexibility index (Phi) is 2.46. The molecule has 0 spiro atoms. The van der Waals surface area contributed by atoms with E-state index in [4.69, 9.17) is 0 Å². The van der Waals surface area contributed by atoms with Crippen molar-refractivity contribution in [3.63, 3.8) is 0 Å². The van der Waals surface area contributed by atoms with Gasteiger partial charge in [0.1, 0.15) is 0 Å². The van der Waals surface area contributed by atoms with Gasteiger partial charge in [-0.1, -0.05) is 36.4 Å². The Morgan fingerprint density at radius 3 is 2.62 bits per heavy atom. The summed E-state index contributed by atoms with van der Waals surface area (Å²) in [7, 11) is 0. The zero-order chi connectivity index (χ0) is 9.10. The first-order valence-corrected chi connectivity index (χ1v) is 4.78. The summed E-state index contributed by atoms with van der Waals surface area (Å²) >= 11 is 0. The van der Waals surface area contributed by atoms with Gasteiger partial charge in [-0.15, -0.1) is 6.58 Å². The normalized spacial score (nSPS) is 18.2. The average Bonchev–Trinajstić information content (AvgIpc) is 2.12. The van der Waals surface area contributed by atoms with E-state index in [0.29, 0.717) is 0 Å². The van der Waals surface area contributed by atoms with Crippen LogP contribution in [0.2, 0.25) is 0 Å². The zero-order valence-corrected chi connectivity index (χ0v) is 7.82. The maximum absolute atomic E-state index is 3.74. The quantitative estimate of drug-likeness (QED) is 0.634. The number of likely N-dealkylation sites (tertiary alicyclic amines) is 1. The molecule has 0 unspecified atom stereocenters. The van der Waals surface area contributed by atoms with Crippen molar-refractivity contribution >= 4 is 0 Å². The minimum absolute atomic E-state index is 0.751. The average molecular weight is 173 g/mol. The third kappa shape index (κ3) is 1.81. The van der Waals surface area contributed by atoms with Gasteiger partial charge in [0.2, 0.25) is 0 Å². The van der Waals surface area contributed by atoms with Gasteiger partial charge in [-0.25, -0.2) is 0 Å². The second-order valence-electron chi connectivity index (χ2n) is 3.61. The Balaban J connectivity index is 1.90. The van der Waals surface area contributed by atoms with Gasteiger partial charge in [-0.05, 0) is 5.56 Å². The van der Waals surface area contributed by atoms with E-state index in [1.807, 2.05) is 6.08 Å². The highest BCUT2D eigenvalue weighted by Gasteiger charge is 2.26. The van der Waals surface area contributed by atoms with E-state index in [2.05, 4.69) is 41.8 Å². The van der Waals surface area contributed by atoms with Crippen LogP contribution in [0.1, 0.15) is 11.5 Å². The molecule has 0 radical (unpaired) electrons. The van der Waals surface area contributed by atoms with Crippen molar-refractivity contribution in [2.24, 2.45) is 0 Å². The van der Waals surface area contributed by atoms with E-state index in [-0.39, 0.29) is 0 Å². The maximum atomic E-state index is 3.74. The van der Waals surface area contributed by atoms with E-state index in [1.54, 1.807) is 0 Å². The Morgan fingerprint density at radius 1 is 1.31 bits per heavy atom. The van der Waals surface area contributed by atoms with E-state index in [0.717, 1.165) is 12.5 Å². The van der Waals surface area contributed by atoms with Crippen LogP contribution in [0.5, 0.6) is 0 Å². The molecular weight excluding hydrogens is 158 g/mol. The minimum atomic E-state index is 0.751. The number of hydrogen-bond acceptors (Lipinski definition) is 1. The first kappa shape index (κ1) is 8.52. The molecular formula is C12H15N. The second kappa shape index (κ2) is 3.75. The van der Waals surface area contributed by atoms with Gasteiger partial charge in [0.05, 0.1) is 0 Å². The van der Waals surface area contributed by atoms with Gasteiger partial charge in [-0.2, -0.15) is 0 Å². The van der Waals surface area contributed by atoms with Crippen molar-refractivity contribution < 1.29 is 0 Å². The molecule has 68 valence electrons. The Hall–Kier alpha value is -1.08. The fourth-order valence-corrected chi connectivity index (χ4v) is 1.84. The number of nitrogens with zero attached hydrogens (tertiary/aromatic N) is 1. The van der Waals surface area contributed by atoms with Crippen molar-refractivity contribution in [1.29, 1.82) is 0 Å². The lowest BCUT2D eigenvalue weighted by Gasteiger charge is -2.38. The summed E-state index contributed by atoms with van der Waals surface area (Å²) in [6.07, 6.45) is 1.97. The van der Waals surface area contributed by atoms with Crippen molar-refractivity contribution in [2.75, 3.05) is 19.6 Å². The van der Waals surface area contributed by atoms with Gasteiger partial charge in [-0.3, -0.25) is 4.90 Å². The molecule has 1 aliphatic rings. The molecule has 0 aliphatic carbocycles. The Labute approximate surface area is 79.7 Å². The van der Waals surface area contributed by atoms with Gasteiger partial charge in [0, 0.05) is 25.6 Å². The summed E-state index contributed by atoms with van der Waals surface area (Å²) in [4.78, 5) is 2.41. The van der Waals surface area contributed by atoms with E-state index < -0.39 is 0 Å². The van der Waals surface area contributed by atoms with Crippen LogP contribution in [0.25, 0.3) is 0 Å². The van der Waals surface area contributed by atoms with Gasteiger partial charge >= 0.3 is 0 Å². The Morgan fingerprint density at radius 2 is 2.00 bits per heavy atom. The summed E-state index contributed by atoms with van der Waals surface area (Å²) in [5, 5.41) is 0. The molecule has 0 atom stereocenters. The molecule has 1 aromatic carbocycles. The van der Waals surface area contributed by atoms with Crippen LogP contribution in [0, 0.1) is 0 Å². The molecule has 1 saturated heterocycles. The van der Waals surface area contributed by atoms with Crippen molar-refractivity contribution in [2.45, 2.75) is 5.92 Å². The summed E-state index contributed by atoms with van der Waals surface area (Å²) in [6.45, 7) is 7.15. The van der Waals surface area contributed by atoms with E-state index >= 15 is 0 Å². The molecule has 0 amide bonds. The van der Waals surface area contributed by atoms with Crippen molar-refractivity contribution in [1.82, 2.24) is 4.90 Å². The number of rotatable bonds is 3. The zero-order valence-electron chi connectivity index (χ0n) is 7.82. The van der Waals surface area contributed by atoms with Crippen LogP contribution in [0.3, 0.4) is 0 Å². The molecule has 1 aromatic rings. The molecule has 1 heteroatoms. The monoisotopic (exact) mass is 173 g/mol. The summed E-state index contributed by atoms with van der Waals surface area (Å²) < 4.78 is 0. The molecule has 2 rings (SSSR count). The minimum Gasteiger partial charge on any atom is -0.298 e. The SMILES string of the molecule is C=CCN1CC(c2ccccc2)C1. The van der Waals surface area contributed by atoms with Gasteiger partial charge in [0.15, 0.2) is 0 Å². The van der Waals surface area contributed by atoms with E-state index in [9.17, 15) is 0 Å². The van der Waals surface area contributed by atoms with Crippen LogP contribution in [-0.4, -0.2) is 24.5 Å². The summed E-state index contributed by atoms with van der Waals surface area (Å²) in [5.41, 5.74) is 1.47. The highest BCUT2D eigenvalue weighted by atomic mass is 15.2. The number of benzene rings is 1. The number of hydrogen-bond donors (Lipinski definition) is 0. The molecule has 13 heavy (non-hydrogen) atoms. The maximum Gasteiger partial charge on any atom is 0.0161 e. The van der Waals surface area contributed by atoms with E-state index in [1.165, 1.54) is 18.7 Å². The lowest BCUT2D eigenvalue weighted by molar-refractivity contribution is 0.167. The fraction of sp³-hybridized carbons (Fsp3) is 0.333. The standard InChI is InChI=1S/C12H15N/c1-2-8-13-9-12(10-13)11-6-4-3-5-7-11/h2-7,12H,1,8-10H2.